The number of nitrogens with one attached hydrogen (secondary N) is 1. The summed E-state index contributed by atoms with van der Waals surface area (Å²) in [6.07, 6.45) is 7.77. The largest absolute Gasteiger partial charge is 0.314 e. The fraction of sp³-hybridized carbons (Fsp3) is 0.533. The van der Waals surface area contributed by atoms with E-state index in [-0.39, 0.29) is 0 Å². The van der Waals surface area contributed by atoms with Crippen LogP contribution < -0.4 is 5.32 Å². The average molecular weight is 260 g/mol. The SMILES string of the molecule is CNC1(Cc2nc3ccccc3s2)CCCCC1. The second kappa shape index (κ2) is 4.98. The molecule has 3 rings (SSSR count). The summed E-state index contributed by atoms with van der Waals surface area (Å²) < 4.78 is 1.31. The van der Waals surface area contributed by atoms with E-state index in [2.05, 4.69) is 36.6 Å². The standard InChI is InChI=1S/C15H20N2S/c1-16-15(9-5-2-6-10-15)11-14-17-12-7-3-4-8-13(12)18-14/h3-4,7-8,16H,2,5-6,9-11H2,1H3. The molecule has 18 heavy (non-hydrogen) atoms. The predicted molar refractivity (Wildman–Crippen MR) is 78.2 cm³/mol. The Balaban J connectivity index is 1.85. The van der Waals surface area contributed by atoms with Gasteiger partial charge in [0.15, 0.2) is 0 Å². The molecule has 1 saturated carbocycles. The van der Waals surface area contributed by atoms with Crippen molar-refractivity contribution in [1.82, 2.24) is 10.3 Å². The molecule has 2 nitrogen and oxygen atoms in total. The molecule has 96 valence electrons. The Morgan fingerprint density at radius 3 is 2.72 bits per heavy atom. The van der Waals surface area contributed by atoms with Gasteiger partial charge in [0.2, 0.25) is 0 Å². The van der Waals surface area contributed by atoms with Gasteiger partial charge in [-0.3, -0.25) is 0 Å². The highest BCUT2D eigenvalue weighted by atomic mass is 32.1. The van der Waals surface area contributed by atoms with Crippen LogP contribution in [0.25, 0.3) is 10.2 Å². The molecule has 1 aliphatic rings. The maximum absolute atomic E-state index is 4.78. The molecule has 1 aromatic carbocycles. The first-order chi connectivity index (χ1) is 8.81. The number of rotatable bonds is 3. The van der Waals surface area contributed by atoms with Crippen molar-refractivity contribution in [3.8, 4) is 0 Å². The van der Waals surface area contributed by atoms with Crippen LogP contribution in [-0.4, -0.2) is 17.6 Å². The Morgan fingerprint density at radius 1 is 1.22 bits per heavy atom. The van der Waals surface area contributed by atoms with Crippen molar-refractivity contribution in [1.29, 1.82) is 0 Å². The van der Waals surface area contributed by atoms with E-state index >= 15 is 0 Å². The van der Waals surface area contributed by atoms with Crippen LogP contribution in [0.15, 0.2) is 24.3 Å². The normalized spacial score (nSPS) is 19.2. The average Bonchev–Trinajstić information content (AvgIpc) is 2.81. The Kier molecular flexibility index (Phi) is 3.35. The monoisotopic (exact) mass is 260 g/mol. The first-order valence-electron chi connectivity index (χ1n) is 6.85. The van der Waals surface area contributed by atoms with Gasteiger partial charge in [0.25, 0.3) is 0 Å². The number of thiazole rings is 1. The molecular formula is C15H20N2S. The number of para-hydroxylation sites is 1. The molecule has 1 heterocycles. The third kappa shape index (κ3) is 2.29. The maximum Gasteiger partial charge on any atom is 0.0956 e. The maximum atomic E-state index is 4.78. The van der Waals surface area contributed by atoms with Crippen LogP contribution in [0.1, 0.15) is 37.1 Å². The van der Waals surface area contributed by atoms with Gasteiger partial charge >= 0.3 is 0 Å². The molecule has 1 aliphatic carbocycles. The van der Waals surface area contributed by atoms with Crippen LogP contribution in [0, 0.1) is 0 Å². The molecule has 1 N–H and O–H groups in total. The number of likely N-dealkylation sites (N-methyl/N-ethyl adjacent to an activating group) is 1. The highest BCUT2D eigenvalue weighted by Crippen LogP contribution is 2.33. The third-order valence-electron chi connectivity index (χ3n) is 4.17. The summed E-state index contributed by atoms with van der Waals surface area (Å²) >= 11 is 1.85. The van der Waals surface area contributed by atoms with Crippen molar-refractivity contribution in [2.75, 3.05) is 7.05 Å². The Hall–Kier alpha value is -0.930. The topological polar surface area (TPSA) is 24.9 Å². The Labute approximate surface area is 112 Å². The highest BCUT2D eigenvalue weighted by molar-refractivity contribution is 7.18. The van der Waals surface area contributed by atoms with Gasteiger partial charge in [0.1, 0.15) is 0 Å². The Bertz CT molecular complexity index is 493. The first kappa shape index (κ1) is 12.1. The van der Waals surface area contributed by atoms with Crippen LogP contribution in [0.4, 0.5) is 0 Å². The molecular weight excluding hydrogens is 240 g/mol. The van der Waals surface area contributed by atoms with E-state index in [4.69, 9.17) is 4.98 Å². The smallest absolute Gasteiger partial charge is 0.0956 e. The van der Waals surface area contributed by atoms with Crippen molar-refractivity contribution in [2.24, 2.45) is 0 Å². The van der Waals surface area contributed by atoms with Crippen molar-refractivity contribution in [3.63, 3.8) is 0 Å². The lowest BCUT2D eigenvalue weighted by atomic mass is 9.79. The molecule has 0 radical (unpaired) electrons. The molecule has 0 unspecified atom stereocenters. The number of hydrogen-bond donors (Lipinski definition) is 1. The number of hydrogen-bond acceptors (Lipinski definition) is 3. The minimum absolute atomic E-state index is 0.298. The molecule has 1 aromatic heterocycles. The van der Waals surface area contributed by atoms with Crippen LogP contribution in [0.2, 0.25) is 0 Å². The zero-order valence-corrected chi connectivity index (χ0v) is 11.7. The lowest BCUT2D eigenvalue weighted by Gasteiger charge is -2.36. The lowest BCUT2D eigenvalue weighted by Crippen LogP contribution is -2.46. The fourth-order valence-corrected chi connectivity index (χ4v) is 4.14. The van der Waals surface area contributed by atoms with Crippen molar-refractivity contribution in [3.05, 3.63) is 29.3 Å². The van der Waals surface area contributed by atoms with E-state index in [9.17, 15) is 0 Å². The molecule has 3 heteroatoms. The molecule has 0 aliphatic heterocycles. The van der Waals surface area contributed by atoms with Gasteiger partial charge < -0.3 is 5.32 Å². The van der Waals surface area contributed by atoms with Crippen molar-refractivity contribution in [2.45, 2.75) is 44.1 Å². The molecule has 0 spiro atoms. The first-order valence-corrected chi connectivity index (χ1v) is 7.66. The highest BCUT2D eigenvalue weighted by Gasteiger charge is 2.31. The van der Waals surface area contributed by atoms with Crippen molar-refractivity contribution >= 4 is 21.6 Å². The molecule has 0 atom stereocenters. The van der Waals surface area contributed by atoms with Gasteiger partial charge in [0.05, 0.1) is 15.2 Å². The van der Waals surface area contributed by atoms with Gasteiger partial charge in [-0.25, -0.2) is 4.98 Å². The van der Waals surface area contributed by atoms with E-state index in [1.807, 2.05) is 11.3 Å². The second-order valence-electron chi connectivity index (χ2n) is 5.34. The van der Waals surface area contributed by atoms with Crippen molar-refractivity contribution < 1.29 is 0 Å². The van der Waals surface area contributed by atoms with Gasteiger partial charge in [-0.1, -0.05) is 31.4 Å². The molecule has 0 saturated heterocycles. The zero-order chi connectivity index (χ0) is 12.4. The van der Waals surface area contributed by atoms with Gasteiger partial charge in [-0.05, 0) is 32.0 Å². The molecule has 0 amide bonds. The summed E-state index contributed by atoms with van der Waals surface area (Å²) in [5, 5.41) is 4.86. The summed E-state index contributed by atoms with van der Waals surface area (Å²) in [5.41, 5.74) is 1.45. The lowest BCUT2D eigenvalue weighted by molar-refractivity contribution is 0.244. The van der Waals surface area contributed by atoms with Crippen LogP contribution in [-0.2, 0) is 6.42 Å². The summed E-state index contributed by atoms with van der Waals surface area (Å²) in [6.45, 7) is 0. The van der Waals surface area contributed by atoms with E-state index in [0.717, 1.165) is 11.9 Å². The van der Waals surface area contributed by atoms with Crippen LogP contribution >= 0.6 is 11.3 Å². The number of aromatic nitrogens is 1. The second-order valence-corrected chi connectivity index (χ2v) is 6.46. The van der Waals surface area contributed by atoms with E-state index < -0.39 is 0 Å². The van der Waals surface area contributed by atoms with Gasteiger partial charge in [0, 0.05) is 12.0 Å². The van der Waals surface area contributed by atoms with E-state index in [0.29, 0.717) is 5.54 Å². The van der Waals surface area contributed by atoms with Gasteiger partial charge in [-0.15, -0.1) is 11.3 Å². The minimum atomic E-state index is 0.298. The van der Waals surface area contributed by atoms with E-state index in [1.165, 1.54) is 41.8 Å². The number of nitrogens with zero attached hydrogens (tertiary/aromatic N) is 1. The summed E-state index contributed by atoms with van der Waals surface area (Å²) in [5.74, 6) is 0. The van der Waals surface area contributed by atoms with Gasteiger partial charge in [-0.2, -0.15) is 0 Å². The Morgan fingerprint density at radius 2 is 2.00 bits per heavy atom. The minimum Gasteiger partial charge on any atom is -0.314 e. The molecule has 1 fully saturated rings. The summed E-state index contributed by atoms with van der Waals surface area (Å²) in [6, 6.07) is 8.45. The fourth-order valence-electron chi connectivity index (χ4n) is 3.03. The van der Waals surface area contributed by atoms with E-state index in [1.54, 1.807) is 0 Å². The summed E-state index contributed by atoms with van der Waals surface area (Å²) in [7, 11) is 2.11. The quantitative estimate of drug-likeness (QED) is 0.909. The summed E-state index contributed by atoms with van der Waals surface area (Å²) in [4.78, 5) is 4.78. The number of benzene rings is 1. The zero-order valence-electron chi connectivity index (χ0n) is 10.9. The molecule has 0 bridgehead atoms. The van der Waals surface area contributed by atoms with Crippen LogP contribution in [0.5, 0.6) is 0 Å². The predicted octanol–water partition coefficient (Wildman–Crippen LogP) is 3.76. The third-order valence-corrected chi connectivity index (χ3v) is 5.21. The van der Waals surface area contributed by atoms with Crippen LogP contribution in [0.3, 0.4) is 0 Å². The number of fused-ring (bicyclic) bond motifs is 1. The molecule has 2 aromatic rings.